The van der Waals surface area contributed by atoms with Gasteiger partial charge in [-0.25, -0.2) is 4.79 Å². The summed E-state index contributed by atoms with van der Waals surface area (Å²) in [5, 5.41) is 0.188. The smallest absolute Gasteiger partial charge is 0.343 e. The molecule has 4 rings (SSSR count). The molecule has 0 unspecified atom stereocenters. The Balaban J connectivity index is 1.47. The second-order valence-corrected chi connectivity index (χ2v) is 9.26. The lowest BCUT2D eigenvalue weighted by molar-refractivity contribution is -0.123. The van der Waals surface area contributed by atoms with Crippen LogP contribution >= 0.6 is 35.0 Å². The number of thioether (sulfide) groups is 1. The molecule has 1 aliphatic rings. The van der Waals surface area contributed by atoms with Gasteiger partial charge in [0.15, 0.2) is 11.5 Å². The number of carbonyl (C=O) groups is 3. The highest BCUT2D eigenvalue weighted by atomic mass is 35.5. The maximum absolute atomic E-state index is 12.8. The number of amides is 2. The first-order valence-corrected chi connectivity index (χ1v) is 12.2. The van der Waals surface area contributed by atoms with E-state index < -0.39 is 17.1 Å². The fourth-order valence-corrected chi connectivity index (χ4v) is 4.52. The summed E-state index contributed by atoms with van der Waals surface area (Å²) in [4.78, 5) is 39.1. The predicted molar refractivity (Wildman–Crippen MR) is 139 cm³/mol. The summed E-state index contributed by atoms with van der Waals surface area (Å²) in [6, 6.07) is 18.4. The van der Waals surface area contributed by atoms with Crippen molar-refractivity contribution in [1.82, 2.24) is 4.90 Å². The van der Waals surface area contributed by atoms with Crippen LogP contribution in [0.1, 0.15) is 15.9 Å². The van der Waals surface area contributed by atoms with E-state index in [1.165, 1.54) is 31.4 Å². The standard InChI is InChI=1S/C26H19Cl2NO6S/c1-33-21-14-16(13-20(28)23(21)35-25(31)17-7-9-18(27)10-8-17)15-22-24(30)29(26(32)36-22)11-12-34-19-5-3-2-4-6-19/h2-10,13-15H,11-12H2,1H3/b22-15-. The number of hydrogen-bond donors (Lipinski definition) is 0. The van der Waals surface area contributed by atoms with Crippen LogP contribution in [0.2, 0.25) is 10.0 Å². The molecular weight excluding hydrogens is 525 g/mol. The Morgan fingerprint density at radius 1 is 1.03 bits per heavy atom. The zero-order valence-corrected chi connectivity index (χ0v) is 21.2. The fourth-order valence-electron chi connectivity index (χ4n) is 3.28. The molecule has 3 aromatic rings. The van der Waals surface area contributed by atoms with Crippen molar-refractivity contribution in [3.8, 4) is 17.2 Å². The number of benzene rings is 3. The van der Waals surface area contributed by atoms with Gasteiger partial charge in [0, 0.05) is 5.02 Å². The molecule has 7 nitrogen and oxygen atoms in total. The number of esters is 1. The zero-order chi connectivity index (χ0) is 25.7. The first-order valence-electron chi connectivity index (χ1n) is 10.6. The Morgan fingerprint density at radius 2 is 1.75 bits per heavy atom. The van der Waals surface area contributed by atoms with Gasteiger partial charge in [-0.15, -0.1) is 0 Å². The Kier molecular flexibility index (Phi) is 8.20. The van der Waals surface area contributed by atoms with Gasteiger partial charge in [0.05, 0.1) is 29.1 Å². The van der Waals surface area contributed by atoms with E-state index in [1.807, 2.05) is 18.2 Å². The minimum Gasteiger partial charge on any atom is -0.493 e. The van der Waals surface area contributed by atoms with Crippen molar-refractivity contribution >= 4 is 58.2 Å². The highest BCUT2D eigenvalue weighted by Gasteiger charge is 2.35. The second kappa shape index (κ2) is 11.5. The van der Waals surface area contributed by atoms with E-state index in [9.17, 15) is 14.4 Å². The van der Waals surface area contributed by atoms with Gasteiger partial charge in [-0.3, -0.25) is 14.5 Å². The van der Waals surface area contributed by atoms with Crippen molar-refractivity contribution in [2.75, 3.05) is 20.3 Å². The lowest BCUT2D eigenvalue weighted by Crippen LogP contribution is -2.32. The van der Waals surface area contributed by atoms with E-state index in [-0.39, 0.29) is 40.1 Å². The lowest BCUT2D eigenvalue weighted by atomic mass is 10.1. The molecule has 0 spiro atoms. The Labute approximate surface area is 221 Å². The maximum atomic E-state index is 12.8. The predicted octanol–water partition coefficient (Wildman–Crippen LogP) is 6.34. The van der Waals surface area contributed by atoms with Gasteiger partial charge in [-0.2, -0.15) is 0 Å². The first-order chi connectivity index (χ1) is 17.4. The van der Waals surface area contributed by atoms with E-state index in [0.717, 1.165) is 16.7 Å². The molecule has 1 saturated heterocycles. The minimum absolute atomic E-state index is 0.0300. The van der Waals surface area contributed by atoms with Gasteiger partial charge >= 0.3 is 5.97 Å². The SMILES string of the molecule is COc1cc(/C=C2\SC(=O)N(CCOc3ccccc3)C2=O)cc(Cl)c1OC(=O)c1ccc(Cl)cc1. The molecule has 36 heavy (non-hydrogen) atoms. The number of para-hydroxylation sites is 1. The summed E-state index contributed by atoms with van der Waals surface area (Å²) in [6.07, 6.45) is 1.53. The number of nitrogens with zero attached hydrogens (tertiary/aromatic N) is 1. The van der Waals surface area contributed by atoms with Crippen molar-refractivity contribution in [3.05, 3.63) is 92.8 Å². The number of methoxy groups -OCH3 is 1. The van der Waals surface area contributed by atoms with Crippen LogP contribution in [-0.4, -0.2) is 42.3 Å². The third-order valence-corrected chi connectivity index (χ3v) is 6.46. The van der Waals surface area contributed by atoms with Crippen LogP contribution in [0, 0.1) is 0 Å². The first kappa shape index (κ1) is 25.6. The normalized spacial score (nSPS) is 14.3. The number of halogens is 2. The van der Waals surface area contributed by atoms with Crippen LogP contribution in [-0.2, 0) is 4.79 Å². The number of rotatable bonds is 8. The average molecular weight is 544 g/mol. The van der Waals surface area contributed by atoms with Crippen molar-refractivity contribution < 1.29 is 28.6 Å². The average Bonchev–Trinajstić information content (AvgIpc) is 3.13. The maximum Gasteiger partial charge on any atom is 0.343 e. The molecule has 0 aromatic heterocycles. The van der Waals surface area contributed by atoms with Gasteiger partial charge < -0.3 is 14.2 Å². The van der Waals surface area contributed by atoms with Crippen molar-refractivity contribution in [2.24, 2.45) is 0 Å². The minimum atomic E-state index is -0.640. The summed E-state index contributed by atoms with van der Waals surface area (Å²) in [5.41, 5.74) is 0.778. The highest BCUT2D eigenvalue weighted by molar-refractivity contribution is 8.18. The molecule has 184 valence electrons. The second-order valence-electron chi connectivity index (χ2n) is 7.43. The monoisotopic (exact) mass is 543 g/mol. The zero-order valence-electron chi connectivity index (χ0n) is 18.9. The van der Waals surface area contributed by atoms with Crippen molar-refractivity contribution in [3.63, 3.8) is 0 Å². The highest BCUT2D eigenvalue weighted by Crippen LogP contribution is 2.39. The molecule has 1 fully saturated rings. The van der Waals surface area contributed by atoms with Crippen molar-refractivity contribution in [1.29, 1.82) is 0 Å². The van der Waals surface area contributed by atoms with Gasteiger partial charge in [0.25, 0.3) is 11.1 Å². The van der Waals surface area contributed by atoms with Crippen LogP contribution < -0.4 is 14.2 Å². The number of carbonyl (C=O) groups excluding carboxylic acids is 3. The topological polar surface area (TPSA) is 82.1 Å². The van der Waals surface area contributed by atoms with Crippen LogP contribution in [0.5, 0.6) is 17.2 Å². The largest absolute Gasteiger partial charge is 0.493 e. The van der Waals surface area contributed by atoms with Crippen LogP contribution in [0.15, 0.2) is 71.6 Å². The summed E-state index contributed by atoms with van der Waals surface area (Å²) in [6.45, 7) is 0.281. The molecule has 2 amide bonds. The molecule has 0 N–H and O–H groups in total. The van der Waals surface area contributed by atoms with E-state index >= 15 is 0 Å². The summed E-state index contributed by atoms with van der Waals surface area (Å²) in [5.74, 6) is -0.207. The molecule has 1 aliphatic heterocycles. The van der Waals surface area contributed by atoms with Crippen LogP contribution in [0.25, 0.3) is 6.08 Å². The molecular formula is C26H19Cl2NO6S. The molecule has 0 saturated carbocycles. The van der Waals surface area contributed by atoms with E-state index in [4.69, 9.17) is 37.4 Å². The summed E-state index contributed by atoms with van der Waals surface area (Å²) < 4.78 is 16.4. The lowest BCUT2D eigenvalue weighted by Gasteiger charge is -2.13. The number of hydrogen-bond acceptors (Lipinski definition) is 7. The van der Waals surface area contributed by atoms with Gasteiger partial charge in [-0.1, -0.05) is 41.4 Å². The van der Waals surface area contributed by atoms with Crippen LogP contribution in [0.4, 0.5) is 4.79 Å². The summed E-state index contributed by atoms with van der Waals surface area (Å²) >= 11 is 13.1. The van der Waals surface area contributed by atoms with E-state index in [0.29, 0.717) is 16.3 Å². The molecule has 1 heterocycles. The Hall–Kier alpha value is -3.46. The number of imide groups is 1. The molecule has 3 aromatic carbocycles. The Morgan fingerprint density at radius 3 is 2.44 bits per heavy atom. The third kappa shape index (κ3) is 6.02. The number of ether oxygens (including phenoxy) is 3. The summed E-state index contributed by atoms with van der Waals surface area (Å²) in [7, 11) is 1.40. The molecule has 0 bridgehead atoms. The Bertz CT molecular complexity index is 1330. The molecule has 0 aliphatic carbocycles. The molecule has 0 radical (unpaired) electrons. The van der Waals surface area contributed by atoms with E-state index in [2.05, 4.69) is 0 Å². The van der Waals surface area contributed by atoms with Gasteiger partial charge in [0.2, 0.25) is 0 Å². The van der Waals surface area contributed by atoms with Gasteiger partial charge in [0.1, 0.15) is 12.4 Å². The van der Waals surface area contributed by atoms with E-state index in [1.54, 1.807) is 30.3 Å². The fraction of sp³-hybridized carbons (Fsp3) is 0.115. The van der Waals surface area contributed by atoms with Crippen LogP contribution in [0.3, 0.4) is 0 Å². The molecule has 10 heteroatoms. The quantitative estimate of drug-likeness (QED) is 0.186. The van der Waals surface area contributed by atoms with Crippen molar-refractivity contribution in [2.45, 2.75) is 0 Å². The van der Waals surface area contributed by atoms with Gasteiger partial charge in [-0.05, 0) is 71.9 Å². The molecule has 0 atom stereocenters. The third-order valence-electron chi connectivity index (χ3n) is 5.02.